The SMILES string of the molecule is Fc1cccc(Cl)c1-c1nc2c3ccccc3c3sccc3c2[nH]1. The number of nitrogens with one attached hydrogen (secondary N) is 1. The fourth-order valence-electron chi connectivity index (χ4n) is 3.21. The van der Waals surface area contributed by atoms with E-state index in [4.69, 9.17) is 11.6 Å². The van der Waals surface area contributed by atoms with E-state index < -0.39 is 0 Å². The molecule has 5 rings (SSSR count). The molecule has 0 saturated carbocycles. The predicted octanol–water partition coefficient (Wildman–Crippen LogP) is 6.39. The van der Waals surface area contributed by atoms with Crippen molar-refractivity contribution in [3.63, 3.8) is 0 Å². The maximum Gasteiger partial charge on any atom is 0.143 e. The van der Waals surface area contributed by atoms with Crippen LogP contribution in [0.15, 0.2) is 53.9 Å². The van der Waals surface area contributed by atoms with Crippen LogP contribution in [0, 0.1) is 5.82 Å². The third-order valence-corrected chi connectivity index (χ3v) is 5.53. The molecule has 2 nitrogen and oxygen atoms in total. The zero-order valence-corrected chi connectivity index (χ0v) is 13.9. The summed E-state index contributed by atoms with van der Waals surface area (Å²) < 4.78 is 15.5. The Morgan fingerprint density at radius 1 is 0.958 bits per heavy atom. The van der Waals surface area contributed by atoms with Crippen LogP contribution in [0.1, 0.15) is 0 Å². The van der Waals surface area contributed by atoms with Crippen LogP contribution in [0.4, 0.5) is 4.39 Å². The van der Waals surface area contributed by atoms with Crippen molar-refractivity contribution in [3.8, 4) is 11.4 Å². The first-order valence-corrected chi connectivity index (χ1v) is 8.72. The van der Waals surface area contributed by atoms with Gasteiger partial charge in [0.05, 0.1) is 21.6 Å². The Morgan fingerprint density at radius 3 is 2.62 bits per heavy atom. The van der Waals surface area contributed by atoms with Gasteiger partial charge in [-0.05, 0) is 23.6 Å². The smallest absolute Gasteiger partial charge is 0.143 e. The topological polar surface area (TPSA) is 28.7 Å². The second kappa shape index (κ2) is 5.03. The molecule has 2 heterocycles. The first-order chi connectivity index (χ1) is 11.7. The summed E-state index contributed by atoms with van der Waals surface area (Å²) in [4.78, 5) is 7.97. The highest BCUT2D eigenvalue weighted by atomic mass is 35.5. The van der Waals surface area contributed by atoms with Gasteiger partial charge >= 0.3 is 0 Å². The van der Waals surface area contributed by atoms with Crippen molar-refractivity contribution >= 4 is 54.8 Å². The molecule has 0 aliphatic heterocycles. The lowest BCUT2D eigenvalue weighted by Crippen LogP contribution is -1.87. The van der Waals surface area contributed by atoms with Crippen molar-refractivity contribution in [2.24, 2.45) is 0 Å². The number of rotatable bonds is 1. The van der Waals surface area contributed by atoms with Gasteiger partial charge in [-0.3, -0.25) is 0 Å². The second-order valence-electron chi connectivity index (χ2n) is 5.61. The molecule has 1 N–H and O–H groups in total. The Kier molecular flexibility index (Phi) is 2.93. The quantitative estimate of drug-likeness (QED) is 0.372. The molecular formula is C19H10ClFN2S. The lowest BCUT2D eigenvalue weighted by molar-refractivity contribution is 0.630. The Bertz CT molecular complexity index is 1220. The van der Waals surface area contributed by atoms with Gasteiger partial charge in [-0.2, -0.15) is 0 Å². The average molecular weight is 353 g/mol. The van der Waals surface area contributed by atoms with Crippen LogP contribution in [-0.2, 0) is 0 Å². The number of imidazole rings is 1. The zero-order valence-electron chi connectivity index (χ0n) is 12.3. The van der Waals surface area contributed by atoms with E-state index in [0.29, 0.717) is 16.4 Å². The van der Waals surface area contributed by atoms with Crippen LogP contribution in [0.5, 0.6) is 0 Å². The van der Waals surface area contributed by atoms with Gasteiger partial charge < -0.3 is 4.98 Å². The minimum atomic E-state index is -0.382. The highest BCUT2D eigenvalue weighted by molar-refractivity contribution is 7.18. The summed E-state index contributed by atoms with van der Waals surface area (Å²) in [5, 5.41) is 5.72. The molecule has 3 aromatic carbocycles. The summed E-state index contributed by atoms with van der Waals surface area (Å²) in [5.74, 6) is 0.0735. The number of nitrogens with zero attached hydrogens (tertiary/aromatic N) is 1. The van der Waals surface area contributed by atoms with E-state index in [1.165, 1.54) is 10.8 Å². The van der Waals surface area contributed by atoms with Gasteiger partial charge in [0.25, 0.3) is 0 Å². The van der Waals surface area contributed by atoms with E-state index in [1.807, 2.05) is 18.2 Å². The average Bonchev–Trinajstić information content (AvgIpc) is 3.22. The molecule has 2 aromatic heterocycles. The molecule has 5 aromatic rings. The number of halogens is 2. The summed E-state index contributed by atoms with van der Waals surface area (Å²) in [6.07, 6.45) is 0. The largest absolute Gasteiger partial charge is 0.337 e. The predicted molar refractivity (Wildman–Crippen MR) is 99.4 cm³/mol. The second-order valence-corrected chi connectivity index (χ2v) is 6.94. The van der Waals surface area contributed by atoms with E-state index in [2.05, 4.69) is 27.5 Å². The minimum Gasteiger partial charge on any atom is -0.337 e. The summed E-state index contributed by atoms with van der Waals surface area (Å²) >= 11 is 7.90. The molecule has 0 saturated heterocycles. The number of fused-ring (bicyclic) bond motifs is 6. The molecule has 0 bridgehead atoms. The van der Waals surface area contributed by atoms with Crippen LogP contribution in [0.25, 0.3) is 43.3 Å². The van der Waals surface area contributed by atoms with E-state index in [1.54, 1.807) is 23.5 Å². The van der Waals surface area contributed by atoms with Gasteiger partial charge in [-0.15, -0.1) is 11.3 Å². The van der Waals surface area contributed by atoms with Gasteiger partial charge in [-0.1, -0.05) is 41.9 Å². The number of aromatic nitrogens is 2. The number of aromatic amines is 1. The number of thiophene rings is 1. The molecule has 0 unspecified atom stereocenters. The summed E-state index contributed by atoms with van der Waals surface area (Å²) in [7, 11) is 0. The molecule has 0 aliphatic carbocycles. The Balaban J connectivity index is 1.97. The van der Waals surface area contributed by atoms with Crippen molar-refractivity contribution in [2.75, 3.05) is 0 Å². The molecule has 5 heteroatoms. The molecule has 116 valence electrons. The van der Waals surface area contributed by atoms with Crippen LogP contribution in [0.3, 0.4) is 0 Å². The Morgan fingerprint density at radius 2 is 1.79 bits per heavy atom. The number of hydrogen-bond acceptors (Lipinski definition) is 2. The van der Waals surface area contributed by atoms with E-state index in [9.17, 15) is 4.39 Å². The number of hydrogen-bond donors (Lipinski definition) is 1. The van der Waals surface area contributed by atoms with Crippen LogP contribution >= 0.6 is 22.9 Å². The fourth-order valence-corrected chi connectivity index (χ4v) is 4.40. The molecule has 0 atom stereocenters. The fraction of sp³-hybridized carbons (Fsp3) is 0. The summed E-state index contributed by atoms with van der Waals surface area (Å²) in [6, 6.07) is 14.9. The standard InChI is InChI=1S/C19H10ClFN2S/c20-13-6-3-7-14(21)15(13)19-22-16-10-4-1-2-5-11(10)18-12(8-9-24-18)17(16)23-19/h1-9H,(H,22,23). The summed E-state index contributed by atoms with van der Waals surface area (Å²) in [6.45, 7) is 0. The van der Waals surface area contributed by atoms with Gasteiger partial charge in [0.1, 0.15) is 11.6 Å². The maximum atomic E-state index is 14.3. The van der Waals surface area contributed by atoms with E-state index >= 15 is 0 Å². The zero-order chi connectivity index (χ0) is 16.3. The molecule has 0 fully saturated rings. The highest BCUT2D eigenvalue weighted by Crippen LogP contribution is 2.39. The van der Waals surface area contributed by atoms with Crippen LogP contribution in [0.2, 0.25) is 5.02 Å². The first kappa shape index (κ1) is 14.0. The van der Waals surface area contributed by atoms with Crippen molar-refractivity contribution in [3.05, 3.63) is 64.8 Å². The van der Waals surface area contributed by atoms with E-state index in [-0.39, 0.29) is 5.82 Å². The molecule has 24 heavy (non-hydrogen) atoms. The number of benzene rings is 3. The third kappa shape index (κ3) is 1.84. The Hall–Kier alpha value is -2.43. The monoisotopic (exact) mass is 352 g/mol. The molecule has 0 amide bonds. The van der Waals surface area contributed by atoms with Crippen LogP contribution < -0.4 is 0 Å². The minimum absolute atomic E-state index is 0.308. The van der Waals surface area contributed by atoms with Gasteiger partial charge in [0, 0.05) is 20.9 Å². The van der Waals surface area contributed by atoms with Crippen molar-refractivity contribution in [1.29, 1.82) is 0 Å². The van der Waals surface area contributed by atoms with E-state index in [0.717, 1.165) is 27.2 Å². The maximum absolute atomic E-state index is 14.3. The highest BCUT2D eigenvalue weighted by Gasteiger charge is 2.17. The van der Waals surface area contributed by atoms with Crippen molar-refractivity contribution in [2.45, 2.75) is 0 Å². The number of H-pyrrole nitrogens is 1. The lowest BCUT2D eigenvalue weighted by atomic mass is 10.1. The van der Waals surface area contributed by atoms with Crippen molar-refractivity contribution < 1.29 is 4.39 Å². The molecule has 0 aliphatic rings. The van der Waals surface area contributed by atoms with Crippen molar-refractivity contribution in [1.82, 2.24) is 9.97 Å². The molecular weight excluding hydrogens is 343 g/mol. The summed E-state index contributed by atoms with van der Waals surface area (Å²) in [5.41, 5.74) is 2.06. The van der Waals surface area contributed by atoms with Crippen LogP contribution in [-0.4, -0.2) is 9.97 Å². The normalized spacial score (nSPS) is 11.8. The molecule has 0 spiro atoms. The Labute approximate surface area is 145 Å². The first-order valence-electron chi connectivity index (χ1n) is 7.46. The van der Waals surface area contributed by atoms with Gasteiger partial charge in [0.15, 0.2) is 0 Å². The molecule has 0 radical (unpaired) electrons. The van der Waals surface area contributed by atoms with Gasteiger partial charge in [0.2, 0.25) is 0 Å². The third-order valence-electron chi connectivity index (χ3n) is 4.26. The van der Waals surface area contributed by atoms with Gasteiger partial charge in [-0.25, -0.2) is 9.37 Å². The lowest BCUT2D eigenvalue weighted by Gasteiger charge is -2.01.